The second kappa shape index (κ2) is 17.2. The molecule has 3 aromatic heterocycles. The Morgan fingerprint density at radius 3 is 1.58 bits per heavy atom. The van der Waals surface area contributed by atoms with Crippen LogP contribution in [-0.4, -0.2) is 102 Å². The molecule has 0 atom stereocenters. The summed E-state index contributed by atoms with van der Waals surface area (Å²) in [6.45, 7) is 4.45. The van der Waals surface area contributed by atoms with Crippen molar-refractivity contribution in [1.29, 1.82) is 0 Å². The normalized spacial score (nSPS) is 13.5. The molecule has 0 radical (unpaired) electrons. The Kier molecular flexibility index (Phi) is 14.0. The van der Waals surface area contributed by atoms with Crippen molar-refractivity contribution in [3.8, 4) is 11.3 Å². The lowest BCUT2D eigenvalue weighted by atomic mass is 10.2. The summed E-state index contributed by atoms with van der Waals surface area (Å²) in [7, 11) is 0. The molecule has 3 N–H and O–H groups in total. The first-order valence-electron chi connectivity index (χ1n) is 13.5. The van der Waals surface area contributed by atoms with E-state index >= 15 is 0 Å². The molecule has 1 saturated heterocycles. The number of alkyl halides is 9. The summed E-state index contributed by atoms with van der Waals surface area (Å²) in [5.41, 5.74) is 4.11. The lowest BCUT2D eigenvalue weighted by Crippen LogP contribution is -2.46. The molecular formula is C28H24F10N6O6. The van der Waals surface area contributed by atoms with Gasteiger partial charge in [0, 0.05) is 63.1 Å². The molecule has 50 heavy (non-hydrogen) atoms. The number of imidazole rings is 1. The molecule has 1 aliphatic heterocycles. The fourth-order valence-electron chi connectivity index (χ4n) is 3.83. The smallest absolute Gasteiger partial charge is 0.475 e. The molecule has 0 unspecified atom stereocenters. The Balaban J connectivity index is 0.000000338. The molecule has 4 heterocycles. The van der Waals surface area contributed by atoms with Crippen molar-refractivity contribution in [2.75, 3.05) is 31.1 Å². The number of anilines is 1. The number of benzene rings is 1. The van der Waals surface area contributed by atoms with E-state index in [0.29, 0.717) is 0 Å². The molecule has 5 rings (SSSR count). The minimum absolute atomic E-state index is 0.191. The summed E-state index contributed by atoms with van der Waals surface area (Å²) < 4.78 is 110. The van der Waals surface area contributed by atoms with Crippen molar-refractivity contribution >= 4 is 29.4 Å². The van der Waals surface area contributed by atoms with Gasteiger partial charge in [0.25, 0.3) is 0 Å². The van der Waals surface area contributed by atoms with Crippen molar-refractivity contribution in [2.24, 2.45) is 0 Å². The number of rotatable bonds is 4. The van der Waals surface area contributed by atoms with Crippen LogP contribution in [0.2, 0.25) is 0 Å². The van der Waals surface area contributed by atoms with E-state index in [9.17, 15) is 43.9 Å². The topological polar surface area (TPSA) is 161 Å². The highest BCUT2D eigenvalue weighted by atomic mass is 19.4. The van der Waals surface area contributed by atoms with Crippen LogP contribution < -0.4 is 4.90 Å². The van der Waals surface area contributed by atoms with Gasteiger partial charge < -0.3 is 20.2 Å². The summed E-state index contributed by atoms with van der Waals surface area (Å²) in [5, 5.41) is 21.4. The molecule has 4 aromatic rings. The van der Waals surface area contributed by atoms with Crippen LogP contribution in [0.4, 0.5) is 49.7 Å². The van der Waals surface area contributed by atoms with Gasteiger partial charge in [0.1, 0.15) is 5.82 Å². The second-order valence-electron chi connectivity index (χ2n) is 9.62. The SMILES string of the molecule is Fc1ccc(CN2CCN(c3nccn4c(-c5ccncc5)cnc34)CC2)cc1.O=C(O)C(F)(F)F.O=C(O)C(F)(F)F.O=C(O)C(F)(F)F. The zero-order chi connectivity index (χ0) is 37.9. The largest absolute Gasteiger partial charge is 0.490 e. The molecule has 0 amide bonds. The fourth-order valence-corrected chi connectivity index (χ4v) is 3.83. The first-order valence-corrected chi connectivity index (χ1v) is 13.5. The van der Waals surface area contributed by atoms with Crippen LogP contribution in [0.15, 0.2) is 67.4 Å². The van der Waals surface area contributed by atoms with E-state index in [-0.39, 0.29) is 5.82 Å². The number of hydrogen-bond donors (Lipinski definition) is 3. The summed E-state index contributed by atoms with van der Waals surface area (Å²) in [5.74, 6) is -7.55. The van der Waals surface area contributed by atoms with Gasteiger partial charge in [-0.3, -0.25) is 14.3 Å². The van der Waals surface area contributed by atoms with Gasteiger partial charge in [0.15, 0.2) is 11.5 Å². The number of halogens is 10. The maximum Gasteiger partial charge on any atom is 0.490 e. The number of carboxylic acids is 3. The third-order valence-electron chi connectivity index (χ3n) is 6.10. The third kappa shape index (κ3) is 12.8. The van der Waals surface area contributed by atoms with Crippen LogP contribution in [0.3, 0.4) is 0 Å². The number of carbonyl (C=O) groups is 3. The number of carboxylic acid groups (broad SMARTS) is 3. The quantitative estimate of drug-likeness (QED) is 0.238. The molecule has 272 valence electrons. The number of hydrogen-bond acceptors (Lipinski definition) is 8. The maximum atomic E-state index is 13.1. The van der Waals surface area contributed by atoms with Gasteiger partial charge in [-0.25, -0.2) is 28.7 Å². The van der Waals surface area contributed by atoms with E-state index in [1.807, 2.05) is 42.9 Å². The van der Waals surface area contributed by atoms with Gasteiger partial charge in [0.2, 0.25) is 0 Å². The number of piperazine rings is 1. The maximum absolute atomic E-state index is 13.1. The van der Waals surface area contributed by atoms with Gasteiger partial charge >= 0.3 is 36.4 Å². The van der Waals surface area contributed by atoms with E-state index in [1.165, 1.54) is 12.1 Å². The van der Waals surface area contributed by atoms with Crippen molar-refractivity contribution in [3.63, 3.8) is 0 Å². The highest BCUT2D eigenvalue weighted by molar-refractivity contribution is 5.74. The Morgan fingerprint density at radius 2 is 1.14 bits per heavy atom. The van der Waals surface area contributed by atoms with Crippen LogP contribution in [0, 0.1) is 5.82 Å². The predicted molar refractivity (Wildman–Crippen MR) is 151 cm³/mol. The third-order valence-corrected chi connectivity index (χ3v) is 6.10. The van der Waals surface area contributed by atoms with Crippen molar-refractivity contribution in [3.05, 3.63) is 78.8 Å². The molecule has 0 aliphatic carbocycles. The van der Waals surface area contributed by atoms with Crippen molar-refractivity contribution < 1.29 is 73.6 Å². The molecule has 22 heteroatoms. The Hall–Kier alpha value is -5.54. The Bertz CT molecular complexity index is 1650. The van der Waals surface area contributed by atoms with E-state index in [0.717, 1.165) is 61.0 Å². The number of fused-ring (bicyclic) bond motifs is 1. The van der Waals surface area contributed by atoms with Crippen molar-refractivity contribution in [2.45, 2.75) is 25.1 Å². The molecule has 0 spiro atoms. The fraction of sp³-hybridized carbons (Fsp3) is 0.286. The number of aromatic nitrogens is 4. The molecule has 1 aromatic carbocycles. The molecule has 12 nitrogen and oxygen atoms in total. The van der Waals surface area contributed by atoms with Crippen LogP contribution in [-0.2, 0) is 20.9 Å². The minimum atomic E-state index is -5.08. The molecule has 0 bridgehead atoms. The minimum Gasteiger partial charge on any atom is -0.475 e. The summed E-state index contributed by atoms with van der Waals surface area (Å²) in [6.07, 6.45) is -6.00. The monoisotopic (exact) mass is 730 g/mol. The zero-order valence-corrected chi connectivity index (χ0v) is 24.9. The van der Waals surface area contributed by atoms with E-state index in [2.05, 4.69) is 29.2 Å². The second-order valence-corrected chi connectivity index (χ2v) is 9.62. The first kappa shape index (κ1) is 40.6. The lowest BCUT2D eigenvalue weighted by Gasteiger charge is -2.35. The van der Waals surface area contributed by atoms with E-state index in [4.69, 9.17) is 29.7 Å². The van der Waals surface area contributed by atoms with Gasteiger partial charge in [-0.1, -0.05) is 12.1 Å². The van der Waals surface area contributed by atoms with Gasteiger partial charge in [-0.2, -0.15) is 39.5 Å². The van der Waals surface area contributed by atoms with Gasteiger partial charge in [0.05, 0.1) is 11.9 Å². The van der Waals surface area contributed by atoms with Gasteiger partial charge in [-0.05, 0) is 29.8 Å². The van der Waals surface area contributed by atoms with Crippen LogP contribution >= 0.6 is 0 Å². The van der Waals surface area contributed by atoms with Crippen LogP contribution in [0.5, 0.6) is 0 Å². The molecular weight excluding hydrogens is 706 g/mol. The molecule has 1 aliphatic rings. The van der Waals surface area contributed by atoms with Gasteiger partial charge in [-0.15, -0.1) is 0 Å². The van der Waals surface area contributed by atoms with Crippen LogP contribution in [0.1, 0.15) is 5.56 Å². The summed E-state index contributed by atoms with van der Waals surface area (Å²) >= 11 is 0. The highest BCUT2D eigenvalue weighted by Crippen LogP contribution is 2.26. The van der Waals surface area contributed by atoms with Crippen molar-refractivity contribution in [1.82, 2.24) is 24.3 Å². The Morgan fingerprint density at radius 1 is 0.680 bits per heavy atom. The number of aliphatic carboxylic acids is 3. The van der Waals surface area contributed by atoms with Crippen LogP contribution in [0.25, 0.3) is 16.9 Å². The summed E-state index contributed by atoms with van der Waals surface area (Å²) in [6, 6.07) is 10.7. The zero-order valence-electron chi connectivity index (χ0n) is 24.9. The molecule has 1 fully saturated rings. The number of pyridine rings is 1. The van der Waals surface area contributed by atoms with E-state index < -0.39 is 36.4 Å². The highest BCUT2D eigenvalue weighted by Gasteiger charge is 2.39. The van der Waals surface area contributed by atoms with E-state index in [1.54, 1.807) is 12.4 Å². The molecule has 0 saturated carbocycles. The lowest BCUT2D eigenvalue weighted by molar-refractivity contribution is -0.193. The Labute approximate surface area is 273 Å². The first-order chi connectivity index (χ1) is 23.1. The standard InChI is InChI=1S/C22H21FN6.3C2HF3O2/c23-19-3-1-17(2-4-19)16-27-11-13-28(14-12-27)21-22-26-15-20(29(22)10-9-25-21)18-5-7-24-8-6-18;3*3-2(4,5)1(6)7/h1-10,15H,11-14,16H2;3*(H,6,7). The average Bonchev–Trinajstić information content (AvgIpc) is 3.47. The predicted octanol–water partition coefficient (Wildman–Crippen LogP) is 5.15. The summed E-state index contributed by atoms with van der Waals surface area (Å²) in [4.78, 5) is 44.7. The number of nitrogens with zero attached hydrogens (tertiary/aromatic N) is 6. The average molecular weight is 731 g/mol.